The Morgan fingerprint density at radius 1 is 1.03 bits per heavy atom. The van der Waals surface area contributed by atoms with Crippen molar-refractivity contribution < 1.29 is 4.79 Å². The fraction of sp³-hybridized carbons (Fsp3) is 0.400. The average Bonchev–Trinajstić information content (AvgIpc) is 3.08. The lowest BCUT2D eigenvalue weighted by molar-refractivity contribution is 0.0984. The van der Waals surface area contributed by atoms with Gasteiger partial charge >= 0.3 is 0 Å². The van der Waals surface area contributed by atoms with Gasteiger partial charge in [0.25, 0.3) is 0 Å². The van der Waals surface area contributed by atoms with E-state index in [1.54, 1.807) is 0 Å². The zero-order valence-electron chi connectivity index (χ0n) is 18.0. The standard InChI is InChI=1S/C25H28N4O/c1-16-14-29-15-23(27-25(29)17(2)26-16)21-6-7-24(30)22-13-19(4-5-20(22)12-21)18-8-10-28(3)11-9-18/h4-5,12-15,18H,6-11H2,1-3H3. The summed E-state index contributed by atoms with van der Waals surface area (Å²) < 4.78 is 2.05. The Hall–Kier alpha value is -2.79. The number of Topliss-reactive ketones (excluding diaryl/α,β-unsaturated/α-hetero) is 1. The molecule has 1 fully saturated rings. The summed E-state index contributed by atoms with van der Waals surface area (Å²) in [6.07, 6.45) is 9.80. The van der Waals surface area contributed by atoms with E-state index >= 15 is 0 Å². The highest BCUT2D eigenvalue weighted by molar-refractivity contribution is 6.04. The van der Waals surface area contributed by atoms with Gasteiger partial charge in [-0.25, -0.2) is 4.98 Å². The summed E-state index contributed by atoms with van der Waals surface area (Å²) in [4.78, 5) is 24.7. The zero-order valence-corrected chi connectivity index (χ0v) is 18.0. The molecule has 0 N–H and O–H groups in total. The van der Waals surface area contributed by atoms with Crippen molar-refractivity contribution in [3.63, 3.8) is 0 Å². The summed E-state index contributed by atoms with van der Waals surface area (Å²) >= 11 is 0. The quantitative estimate of drug-likeness (QED) is 0.627. The molecule has 0 amide bonds. The second kappa shape index (κ2) is 7.47. The Morgan fingerprint density at radius 2 is 1.83 bits per heavy atom. The van der Waals surface area contributed by atoms with Crippen molar-refractivity contribution in [1.29, 1.82) is 0 Å². The topological polar surface area (TPSA) is 50.5 Å². The summed E-state index contributed by atoms with van der Waals surface area (Å²) in [5.41, 5.74) is 8.05. The molecule has 3 heterocycles. The van der Waals surface area contributed by atoms with E-state index < -0.39 is 0 Å². The molecule has 1 aliphatic heterocycles. The lowest BCUT2D eigenvalue weighted by atomic mass is 9.87. The van der Waals surface area contributed by atoms with Gasteiger partial charge in [-0.1, -0.05) is 12.1 Å². The van der Waals surface area contributed by atoms with Crippen LogP contribution in [-0.2, 0) is 0 Å². The molecule has 0 unspecified atom stereocenters. The van der Waals surface area contributed by atoms with E-state index in [0.29, 0.717) is 18.8 Å². The van der Waals surface area contributed by atoms with Gasteiger partial charge < -0.3 is 9.30 Å². The maximum Gasteiger partial charge on any atom is 0.163 e. The molecule has 0 atom stereocenters. The highest BCUT2D eigenvalue weighted by Crippen LogP contribution is 2.33. The minimum atomic E-state index is 0.239. The van der Waals surface area contributed by atoms with Crippen molar-refractivity contribution in [2.75, 3.05) is 20.1 Å². The summed E-state index contributed by atoms with van der Waals surface area (Å²) in [5, 5.41) is 0. The molecule has 0 radical (unpaired) electrons. The summed E-state index contributed by atoms with van der Waals surface area (Å²) in [6, 6.07) is 6.52. The zero-order chi connectivity index (χ0) is 20.8. The summed E-state index contributed by atoms with van der Waals surface area (Å²) in [6.45, 7) is 6.24. The highest BCUT2D eigenvalue weighted by atomic mass is 16.1. The van der Waals surface area contributed by atoms with Crippen LogP contribution >= 0.6 is 0 Å². The van der Waals surface area contributed by atoms with Gasteiger partial charge in [-0.3, -0.25) is 9.78 Å². The van der Waals surface area contributed by atoms with E-state index in [2.05, 4.69) is 47.4 Å². The van der Waals surface area contributed by atoms with Crippen LogP contribution in [0.1, 0.15) is 70.2 Å². The number of fused-ring (bicyclic) bond motifs is 2. The Morgan fingerprint density at radius 3 is 2.63 bits per heavy atom. The average molecular weight is 401 g/mol. The molecule has 154 valence electrons. The van der Waals surface area contributed by atoms with Crippen LogP contribution in [0.3, 0.4) is 0 Å². The number of carbonyl (C=O) groups is 1. The van der Waals surface area contributed by atoms with Crippen molar-refractivity contribution in [2.45, 2.75) is 45.4 Å². The minimum Gasteiger partial charge on any atom is -0.306 e. The Balaban J connectivity index is 1.51. The van der Waals surface area contributed by atoms with E-state index in [-0.39, 0.29) is 5.78 Å². The molecule has 3 aromatic rings. The number of benzene rings is 1. The predicted octanol–water partition coefficient (Wildman–Crippen LogP) is 4.67. The molecule has 5 heteroatoms. The monoisotopic (exact) mass is 400 g/mol. The number of aromatic nitrogens is 3. The second-order valence-electron chi connectivity index (χ2n) is 8.84. The van der Waals surface area contributed by atoms with Crippen LogP contribution in [0.4, 0.5) is 0 Å². The number of ketones is 1. The second-order valence-corrected chi connectivity index (χ2v) is 8.84. The largest absolute Gasteiger partial charge is 0.306 e. The molecule has 1 aromatic carbocycles. The third-order valence-electron chi connectivity index (χ3n) is 6.57. The van der Waals surface area contributed by atoms with Gasteiger partial charge in [-0.05, 0) is 88.0 Å². The fourth-order valence-electron chi connectivity index (χ4n) is 4.84. The normalized spacial score (nSPS) is 18.4. The van der Waals surface area contributed by atoms with Crippen LogP contribution in [0.15, 0.2) is 30.6 Å². The summed E-state index contributed by atoms with van der Waals surface area (Å²) in [5.74, 6) is 0.798. The van der Waals surface area contributed by atoms with Crippen LogP contribution in [0.2, 0.25) is 0 Å². The molecule has 1 saturated heterocycles. The molecule has 2 aliphatic rings. The van der Waals surface area contributed by atoms with Gasteiger partial charge in [0.2, 0.25) is 0 Å². The van der Waals surface area contributed by atoms with Gasteiger partial charge in [0.05, 0.1) is 17.1 Å². The smallest absolute Gasteiger partial charge is 0.163 e. The van der Waals surface area contributed by atoms with E-state index in [1.165, 1.54) is 18.4 Å². The van der Waals surface area contributed by atoms with Crippen molar-refractivity contribution >= 4 is 23.1 Å². The number of hydrogen-bond acceptors (Lipinski definition) is 4. The molecular formula is C25H28N4O. The number of allylic oxidation sites excluding steroid dienone is 1. The third kappa shape index (κ3) is 3.47. The van der Waals surface area contributed by atoms with Crippen LogP contribution in [-0.4, -0.2) is 45.2 Å². The van der Waals surface area contributed by atoms with Crippen LogP contribution in [0.5, 0.6) is 0 Å². The third-order valence-corrected chi connectivity index (χ3v) is 6.57. The van der Waals surface area contributed by atoms with Gasteiger partial charge in [0, 0.05) is 24.4 Å². The lowest BCUT2D eigenvalue weighted by Gasteiger charge is -2.29. The van der Waals surface area contributed by atoms with Crippen molar-refractivity contribution in [3.05, 3.63) is 64.4 Å². The Bertz CT molecular complexity index is 1170. The first-order valence-electron chi connectivity index (χ1n) is 10.9. The Labute approximate surface area is 177 Å². The van der Waals surface area contributed by atoms with Crippen molar-refractivity contribution in [1.82, 2.24) is 19.3 Å². The first-order valence-corrected chi connectivity index (χ1v) is 10.9. The number of nitrogens with zero attached hydrogens (tertiary/aromatic N) is 4. The van der Waals surface area contributed by atoms with Crippen molar-refractivity contribution in [2.24, 2.45) is 0 Å². The van der Waals surface area contributed by atoms with Gasteiger partial charge in [-0.15, -0.1) is 0 Å². The first kappa shape index (κ1) is 19.2. The molecule has 2 aromatic heterocycles. The van der Waals surface area contributed by atoms with Gasteiger partial charge in [0.15, 0.2) is 11.4 Å². The number of piperidine rings is 1. The summed E-state index contributed by atoms with van der Waals surface area (Å²) in [7, 11) is 2.18. The fourth-order valence-corrected chi connectivity index (χ4v) is 4.84. The Kier molecular flexibility index (Phi) is 4.78. The van der Waals surface area contributed by atoms with E-state index in [4.69, 9.17) is 4.98 Å². The van der Waals surface area contributed by atoms with Crippen molar-refractivity contribution in [3.8, 4) is 0 Å². The minimum absolute atomic E-state index is 0.239. The van der Waals surface area contributed by atoms with Gasteiger partial charge in [0.1, 0.15) is 0 Å². The van der Waals surface area contributed by atoms with E-state index in [1.807, 2.05) is 24.4 Å². The predicted molar refractivity (Wildman–Crippen MR) is 120 cm³/mol. The molecule has 5 rings (SSSR count). The van der Waals surface area contributed by atoms with Gasteiger partial charge in [-0.2, -0.15) is 0 Å². The number of imidazole rings is 1. The maximum absolute atomic E-state index is 13.0. The SMILES string of the molecule is Cc1cn2cc(C3=Cc4ccc(C5CCN(C)CC5)cc4C(=O)CC3)nc2c(C)n1. The molecule has 0 spiro atoms. The molecule has 5 nitrogen and oxygen atoms in total. The van der Waals surface area contributed by atoms with E-state index in [9.17, 15) is 4.79 Å². The molecular weight excluding hydrogens is 372 g/mol. The first-order chi connectivity index (χ1) is 14.5. The molecule has 30 heavy (non-hydrogen) atoms. The van der Waals surface area contributed by atoms with Crippen LogP contribution < -0.4 is 0 Å². The van der Waals surface area contributed by atoms with E-state index in [0.717, 1.165) is 52.5 Å². The van der Waals surface area contributed by atoms with Crippen LogP contribution in [0.25, 0.3) is 17.3 Å². The molecule has 0 bridgehead atoms. The number of hydrogen-bond donors (Lipinski definition) is 0. The number of aryl methyl sites for hydroxylation is 2. The lowest BCUT2D eigenvalue weighted by Crippen LogP contribution is -2.29. The number of rotatable bonds is 2. The number of likely N-dealkylation sites (tertiary alicyclic amines) is 1. The van der Waals surface area contributed by atoms with Crippen LogP contribution in [0, 0.1) is 13.8 Å². The maximum atomic E-state index is 13.0. The number of carbonyl (C=O) groups excluding carboxylic acids is 1. The highest BCUT2D eigenvalue weighted by Gasteiger charge is 2.23. The molecule has 0 saturated carbocycles. The molecule has 1 aliphatic carbocycles.